The van der Waals surface area contributed by atoms with Crippen LogP contribution in [0, 0.1) is 15.9 Å². The maximum atomic E-state index is 13.8. The molecule has 2 N–H and O–H groups in total. The van der Waals surface area contributed by atoms with Gasteiger partial charge in [0.1, 0.15) is 17.9 Å². The van der Waals surface area contributed by atoms with Crippen molar-refractivity contribution in [3.63, 3.8) is 0 Å². The summed E-state index contributed by atoms with van der Waals surface area (Å²) in [7, 11) is 1.52. The van der Waals surface area contributed by atoms with Gasteiger partial charge in [0.05, 0.1) is 17.7 Å². The minimum absolute atomic E-state index is 0.0305. The lowest BCUT2D eigenvalue weighted by atomic mass is 10.3. The Labute approximate surface area is 147 Å². The second-order valence-electron chi connectivity index (χ2n) is 5.14. The molecule has 3 aromatic rings. The molecule has 26 heavy (non-hydrogen) atoms. The van der Waals surface area contributed by atoms with Crippen LogP contribution in [0.2, 0.25) is 0 Å². The second-order valence-corrected chi connectivity index (χ2v) is 5.14. The maximum Gasteiger partial charge on any atom is 0.353 e. The summed E-state index contributed by atoms with van der Waals surface area (Å²) < 4.78 is 19.0. The van der Waals surface area contributed by atoms with Crippen molar-refractivity contribution in [1.29, 1.82) is 0 Å². The van der Waals surface area contributed by atoms with Crippen LogP contribution in [0.5, 0.6) is 5.75 Å². The highest BCUT2D eigenvalue weighted by atomic mass is 19.1. The third-order valence-corrected chi connectivity index (χ3v) is 3.46. The van der Waals surface area contributed by atoms with Gasteiger partial charge in [0.15, 0.2) is 0 Å². The fourth-order valence-corrected chi connectivity index (χ4v) is 2.26. The Bertz CT molecular complexity index is 951. The normalized spacial score (nSPS) is 10.2. The van der Waals surface area contributed by atoms with E-state index in [0.717, 1.165) is 6.33 Å². The Morgan fingerprint density at radius 2 is 1.81 bits per heavy atom. The molecule has 0 spiro atoms. The number of para-hydroxylation sites is 1. The van der Waals surface area contributed by atoms with Crippen molar-refractivity contribution in [3.8, 4) is 5.75 Å². The van der Waals surface area contributed by atoms with Crippen LogP contribution in [0.4, 0.5) is 33.1 Å². The first-order valence-electron chi connectivity index (χ1n) is 7.50. The molecule has 0 aliphatic rings. The van der Waals surface area contributed by atoms with Crippen molar-refractivity contribution < 1.29 is 14.1 Å². The predicted octanol–water partition coefficient (Wildman–Crippen LogP) is 4.02. The molecule has 0 atom stereocenters. The van der Waals surface area contributed by atoms with E-state index >= 15 is 0 Å². The summed E-state index contributed by atoms with van der Waals surface area (Å²) in [5, 5.41) is 17.1. The van der Waals surface area contributed by atoms with Gasteiger partial charge in [-0.15, -0.1) is 0 Å². The van der Waals surface area contributed by atoms with Crippen LogP contribution in [0.25, 0.3) is 0 Å². The third-order valence-electron chi connectivity index (χ3n) is 3.46. The molecule has 1 heterocycles. The van der Waals surface area contributed by atoms with Gasteiger partial charge in [-0.2, -0.15) is 0 Å². The van der Waals surface area contributed by atoms with Gasteiger partial charge in [0, 0.05) is 11.8 Å². The summed E-state index contributed by atoms with van der Waals surface area (Å²) in [6.07, 6.45) is 1.15. The number of aromatic nitrogens is 2. The molecule has 0 saturated carbocycles. The molecule has 0 radical (unpaired) electrons. The van der Waals surface area contributed by atoms with Crippen LogP contribution in [0.3, 0.4) is 0 Å². The molecule has 0 saturated heterocycles. The standard InChI is InChI=1S/C17H14FN5O3/c1-26-12-6-4-5-11(9-12)21-16-15(23(24)25)17(20-10-19-16)22-14-8-3-2-7-13(14)18/h2-10H,1H3,(H2,19,20,21,22). The zero-order chi connectivity index (χ0) is 18.5. The molecule has 0 aliphatic heterocycles. The first-order chi connectivity index (χ1) is 12.6. The molecule has 2 aromatic carbocycles. The van der Waals surface area contributed by atoms with Gasteiger partial charge in [-0.1, -0.05) is 18.2 Å². The number of nitrogens with one attached hydrogen (secondary N) is 2. The Hall–Kier alpha value is -3.75. The van der Waals surface area contributed by atoms with Crippen LogP contribution >= 0.6 is 0 Å². The molecule has 0 bridgehead atoms. The van der Waals surface area contributed by atoms with E-state index in [0.29, 0.717) is 11.4 Å². The molecule has 8 nitrogen and oxygen atoms in total. The van der Waals surface area contributed by atoms with Crippen LogP contribution < -0.4 is 15.4 Å². The average Bonchev–Trinajstić information content (AvgIpc) is 2.63. The molecule has 0 unspecified atom stereocenters. The Kier molecular flexibility index (Phi) is 4.88. The molecule has 132 valence electrons. The first-order valence-corrected chi connectivity index (χ1v) is 7.50. The van der Waals surface area contributed by atoms with Crippen LogP contribution in [-0.4, -0.2) is 22.0 Å². The van der Waals surface area contributed by atoms with Gasteiger partial charge in [-0.3, -0.25) is 10.1 Å². The lowest BCUT2D eigenvalue weighted by Gasteiger charge is -2.11. The van der Waals surface area contributed by atoms with E-state index in [1.807, 2.05) is 0 Å². The lowest BCUT2D eigenvalue weighted by molar-refractivity contribution is -0.383. The van der Waals surface area contributed by atoms with Crippen molar-refractivity contribution in [2.75, 3.05) is 17.7 Å². The minimum atomic E-state index is -0.633. The molecule has 0 amide bonds. The summed E-state index contributed by atoms with van der Waals surface area (Å²) in [4.78, 5) is 18.7. The average molecular weight is 355 g/mol. The largest absolute Gasteiger partial charge is 0.497 e. The first kappa shape index (κ1) is 17.1. The Morgan fingerprint density at radius 3 is 2.50 bits per heavy atom. The van der Waals surface area contributed by atoms with Crippen LogP contribution in [0.1, 0.15) is 0 Å². The van der Waals surface area contributed by atoms with Crippen molar-refractivity contribution in [2.45, 2.75) is 0 Å². The SMILES string of the molecule is COc1cccc(Nc2ncnc(Nc3ccccc3F)c2[N+](=O)[O-])c1. The molecule has 0 fully saturated rings. The fourth-order valence-electron chi connectivity index (χ4n) is 2.26. The highest BCUT2D eigenvalue weighted by Gasteiger charge is 2.24. The number of nitrogens with zero attached hydrogens (tertiary/aromatic N) is 3. The molecular weight excluding hydrogens is 341 g/mol. The number of halogens is 1. The van der Waals surface area contributed by atoms with E-state index in [2.05, 4.69) is 20.6 Å². The molecule has 3 rings (SSSR count). The van der Waals surface area contributed by atoms with E-state index in [4.69, 9.17) is 4.74 Å². The van der Waals surface area contributed by atoms with Crippen molar-refractivity contribution >= 4 is 28.7 Å². The fraction of sp³-hybridized carbons (Fsp3) is 0.0588. The minimum Gasteiger partial charge on any atom is -0.497 e. The Morgan fingerprint density at radius 1 is 1.08 bits per heavy atom. The van der Waals surface area contributed by atoms with Gasteiger partial charge in [0.25, 0.3) is 0 Å². The van der Waals surface area contributed by atoms with Crippen LogP contribution in [-0.2, 0) is 0 Å². The quantitative estimate of drug-likeness (QED) is 0.508. The molecule has 0 aliphatic carbocycles. The van der Waals surface area contributed by atoms with E-state index in [9.17, 15) is 14.5 Å². The highest BCUT2D eigenvalue weighted by molar-refractivity contribution is 5.77. The summed E-state index contributed by atoms with van der Waals surface area (Å²) in [5.74, 6) is -0.128. The van der Waals surface area contributed by atoms with Crippen molar-refractivity contribution in [3.05, 3.63) is 70.8 Å². The molecule has 1 aromatic heterocycles. The number of nitro groups is 1. The van der Waals surface area contributed by atoms with Gasteiger partial charge < -0.3 is 15.4 Å². The van der Waals surface area contributed by atoms with E-state index in [1.54, 1.807) is 30.3 Å². The zero-order valence-electron chi connectivity index (χ0n) is 13.6. The second kappa shape index (κ2) is 7.43. The summed E-state index contributed by atoms with van der Waals surface area (Å²) in [5.41, 5.74) is 0.211. The number of anilines is 4. The summed E-state index contributed by atoms with van der Waals surface area (Å²) >= 11 is 0. The topological polar surface area (TPSA) is 102 Å². The van der Waals surface area contributed by atoms with E-state index in [-0.39, 0.29) is 17.3 Å². The third kappa shape index (κ3) is 3.66. The van der Waals surface area contributed by atoms with Crippen molar-refractivity contribution in [2.24, 2.45) is 0 Å². The zero-order valence-corrected chi connectivity index (χ0v) is 13.6. The van der Waals surface area contributed by atoms with Gasteiger partial charge in [0.2, 0.25) is 11.6 Å². The summed E-state index contributed by atoms with van der Waals surface area (Å²) in [6.45, 7) is 0. The van der Waals surface area contributed by atoms with E-state index in [1.165, 1.54) is 25.3 Å². The van der Waals surface area contributed by atoms with Crippen LogP contribution in [0.15, 0.2) is 54.9 Å². The highest BCUT2D eigenvalue weighted by Crippen LogP contribution is 2.33. The number of hydrogen-bond donors (Lipinski definition) is 2. The number of benzene rings is 2. The van der Waals surface area contributed by atoms with E-state index < -0.39 is 16.4 Å². The van der Waals surface area contributed by atoms with Gasteiger partial charge >= 0.3 is 5.69 Å². The monoisotopic (exact) mass is 355 g/mol. The molecule has 9 heteroatoms. The van der Waals surface area contributed by atoms with Gasteiger partial charge in [-0.05, 0) is 24.3 Å². The van der Waals surface area contributed by atoms with Gasteiger partial charge in [-0.25, -0.2) is 14.4 Å². The maximum absolute atomic E-state index is 13.8. The number of ether oxygens (including phenoxy) is 1. The number of methoxy groups -OCH3 is 1. The molecular formula is C17H14FN5O3. The Balaban J connectivity index is 1.98. The predicted molar refractivity (Wildman–Crippen MR) is 94.6 cm³/mol. The number of hydrogen-bond acceptors (Lipinski definition) is 7. The smallest absolute Gasteiger partial charge is 0.353 e. The summed E-state index contributed by atoms with van der Waals surface area (Å²) in [6, 6.07) is 12.7. The lowest BCUT2D eigenvalue weighted by Crippen LogP contribution is -2.06. The van der Waals surface area contributed by atoms with Crippen molar-refractivity contribution in [1.82, 2.24) is 9.97 Å². The number of rotatable bonds is 6.